The number of benzene rings is 1. The Bertz CT molecular complexity index is 343. The molecule has 0 radical (unpaired) electrons. The molecule has 0 saturated heterocycles. The van der Waals surface area contributed by atoms with Crippen molar-refractivity contribution >= 4 is 0 Å². The molecule has 0 amide bonds. The first-order chi connectivity index (χ1) is 6.03. The van der Waals surface area contributed by atoms with Crippen LogP contribution in [0.2, 0.25) is 0 Å². The van der Waals surface area contributed by atoms with Crippen LogP contribution >= 0.6 is 0 Å². The molecule has 1 saturated carbocycles. The maximum Gasteiger partial charge on any atom is -0.00719 e. The van der Waals surface area contributed by atoms with Crippen molar-refractivity contribution in [2.75, 3.05) is 0 Å². The summed E-state index contributed by atoms with van der Waals surface area (Å²) in [6.07, 6.45) is 2.74. The van der Waals surface area contributed by atoms with E-state index in [-0.39, 0.29) is 0 Å². The highest BCUT2D eigenvalue weighted by Crippen LogP contribution is 2.49. The molecule has 0 heteroatoms. The minimum absolute atomic E-state index is 0.516. The molecule has 1 fully saturated rings. The van der Waals surface area contributed by atoms with Crippen molar-refractivity contribution in [1.29, 1.82) is 0 Å². The Kier molecular flexibility index (Phi) is 1.76. The molecule has 0 N–H and O–H groups in total. The molecule has 0 nitrogen and oxygen atoms in total. The maximum atomic E-state index is 2.39. The first-order valence-electron chi connectivity index (χ1n) is 5.11. The summed E-state index contributed by atoms with van der Waals surface area (Å²) in [4.78, 5) is 0. The van der Waals surface area contributed by atoms with Gasteiger partial charge in [0.05, 0.1) is 0 Å². The molecule has 1 aromatic carbocycles. The van der Waals surface area contributed by atoms with Crippen molar-refractivity contribution in [3.8, 4) is 0 Å². The Balaban J connectivity index is 2.52. The van der Waals surface area contributed by atoms with Crippen LogP contribution in [0, 0.1) is 20.8 Å². The summed E-state index contributed by atoms with van der Waals surface area (Å²) >= 11 is 0. The highest BCUT2D eigenvalue weighted by molar-refractivity contribution is 5.43. The largest absolute Gasteiger partial charge is 0.0558 e. The lowest BCUT2D eigenvalue weighted by Crippen LogP contribution is -2.03. The van der Waals surface area contributed by atoms with Crippen molar-refractivity contribution in [2.24, 2.45) is 0 Å². The summed E-state index contributed by atoms with van der Waals surface area (Å²) < 4.78 is 0. The molecule has 2 rings (SSSR count). The fourth-order valence-corrected chi connectivity index (χ4v) is 2.07. The molecule has 13 heavy (non-hydrogen) atoms. The second kappa shape index (κ2) is 2.60. The zero-order chi connectivity index (χ0) is 9.64. The lowest BCUT2D eigenvalue weighted by atomic mass is 9.90. The van der Waals surface area contributed by atoms with Gasteiger partial charge in [-0.15, -0.1) is 0 Å². The molecule has 0 aromatic heterocycles. The molecule has 1 aliphatic carbocycles. The zero-order valence-electron chi connectivity index (χ0n) is 9.07. The normalized spacial score (nSPS) is 18.8. The van der Waals surface area contributed by atoms with Gasteiger partial charge in [0.25, 0.3) is 0 Å². The van der Waals surface area contributed by atoms with Gasteiger partial charge in [-0.1, -0.05) is 19.1 Å². The molecule has 70 valence electrons. The average molecular weight is 174 g/mol. The van der Waals surface area contributed by atoms with Crippen LogP contribution in [0.4, 0.5) is 0 Å². The highest BCUT2D eigenvalue weighted by atomic mass is 14.4. The van der Waals surface area contributed by atoms with E-state index in [4.69, 9.17) is 0 Å². The van der Waals surface area contributed by atoms with Crippen molar-refractivity contribution < 1.29 is 0 Å². The first kappa shape index (κ1) is 8.80. The topological polar surface area (TPSA) is 0 Å². The lowest BCUT2D eigenvalue weighted by Gasteiger charge is -2.15. The summed E-state index contributed by atoms with van der Waals surface area (Å²) in [6, 6.07) is 4.71. The van der Waals surface area contributed by atoms with Crippen LogP contribution in [0.1, 0.15) is 42.0 Å². The van der Waals surface area contributed by atoms with Crippen LogP contribution in [0.3, 0.4) is 0 Å². The maximum absolute atomic E-state index is 2.39. The highest BCUT2D eigenvalue weighted by Gasteiger charge is 2.39. The number of rotatable bonds is 1. The van der Waals surface area contributed by atoms with Gasteiger partial charge in [-0.25, -0.2) is 0 Å². The van der Waals surface area contributed by atoms with Gasteiger partial charge in [0, 0.05) is 0 Å². The lowest BCUT2D eigenvalue weighted by molar-refractivity contribution is 0.777. The summed E-state index contributed by atoms with van der Waals surface area (Å²) in [5.74, 6) is 0. The van der Waals surface area contributed by atoms with E-state index in [1.807, 2.05) is 0 Å². The van der Waals surface area contributed by atoms with Crippen molar-refractivity contribution in [3.05, 3.63) is 34.4 Å². The van der Waals surface area contributed by atoms with Gasteiger partial charge in [0.1, 0.15) is 0 Å². The monoisotopic (exact) mass is 174 g/mol. The van der Waals surface area contributed by atoms with Crippen molar-refractivity contribution in [2.45, 2.75) is 46.0 Å². The van der Waals surface area contributed by atoms with Crippen LogP contribution in [-0.4, -0.2) is 0 Å². The fourth-order valence-electron chi connectivity index (χ4n) is 2.07. The second-order valence-corrected chi connectivity index (χ2v) is 4.81. The molecule has 0 aliphatic heterocycles. The molecule has 0 atom stereocenters. The molecule has 0 heterocycles. The number of hydrogen-bond donors (Lipinski definition) is 0. The third-order valence-electron chi connectivity index (χ3n) is 3.49. The van der Waals surface area contributed by atoms with Gasteiger partial charge in [-0.3, -0.25) is 0 Å². The first-order valence-corrected chi connectivity index (χ1v) is 5.11. The third-order valence-corrected chi connectivity index (χ3v) is 3.49. The standard InChI is InChI=1S/C13H18/c1-9-7-11(3)12(8-10(9)2)13(4)5-6-13/h7-8H,5-6H2,1-4H3. The summed E-state index contributed by atoms with van der Waals surface area (Å²) in [7, 11) is 0. The van der Waals surface area contributed by atoms with Gasteiger partial charge in [-0.05, 0) is 61.3 Å². The zero-order valence-corrected chi connectivity index (χ0v) is 9.07. The minimum atomic E-state index is 0.516. The Morgan fingerprint density at radius 1 is 0.923 bits per heavy atom. The van der Waals surface area contributed by atoms with Crippen LogP contribution in [0.25, 0.3) is 0 Å². The van der Waals surface area contributed by atoms with E-state index in [1.54, 1.807) is 5.56 Å². The van der Waals surface area contributed by atoms with Crippen molar-refractivity contribution in [3.63, 3.8) is 0 Å². The Morgan fingerprint density at radius 3 is 2.00 bits per heavy atom. The predicted octanol–water partition coefficient (Wildman–Crippen LogP) is 3.66. The SMILES string of the molecule is Cc1cc(C)c(C2(C)CC2)cc1C. The quantitative estimate of drug-likeness (QED) is 0.609. The molecule has 0 spiro atoms. The van der Waals surface area contributed by atoms with Gasteiger partial charge in [0.15, 0.2) is 0 Å². The van der Waals surface area contributed by atoms with E-state index in [0.717, 1.165) is 0 Å². The van der Waals surface area contributed by atoms with Crippen LogP contribution < -0.4 is 0 Å². The van der Waals surface area contributed by atoms with Crippen LogP contribution in [0.5, 0.6) is 0 Å². The molecule has 1 aromatic rings. The minimum Gasteiger partial charge on any atom is -0.0558 e. The molecule has 0 bridgehead atoms. The van der Waals surface area contributed by atoms with Crippen molar-refractivity contribution in [1.82, 2.24) is 0 Å². The smallest absolute Gasteiger partial charge is 0.00719 e. The van der Waals surface area contributed by atoms with Gasteiger partial charge < -0.3 is 0 Å². The third kappa shape index (κ3) is 1.39. The molecule has 1 aliphatic rings. The van der Waals surface area contributed by atoms with E-state index in [2.05, 4.69) is 39.8 Å². The van der Waals surface area contributed by atoms with Gasteiger partial charge in [-0.2, -0.15) is 0 Å². The Morgan fingerprint density at radius 2 is 1.46 bits per heavy atom. The predicted molar refractivity (Wildman–Crippen MR) is 57.2 cm³/mol. The van der Waals surface area contributed by atoms with Crippen LogP contribution in [0.15, 0.2) is 12.1 Å². The second-order valence-electron chi connectivity index (χ2n) is 4.81. The van der Waals surface area contributed by atoms with Crippen LogP contribution in [-0.2, 0) is 5.41 Å². The molecular formula is C13H18. The fraction of sp³-hybridized carbons (Fsp3) is 0.538. The van der Waals surface area contributed by atoms with E-state index in [9.17, 15) is 0 Å². The van der Waals surface area contributed by atoms with E-state index in [0.29, 0.717) is 5.41 Å². The number of aryl methyl sites for hydroxylation is 3. The van der Waals surface area contributed by atoms with E-state index >= 15 is 0 Å². The number of hydrogen-bond acceptors (Lipinski definition) is 0. The Hall–Kier alpha value is -0.780. The average Bonchev–Trinajstić information content (AvgIpc) is 2.77. The molecule has 0 unspecified atom stereocenters. The van der Waals surface area contributed by atoms with E-state index in [1.165, 1.54) is 29.5 Å². The summed E-state index contributed by atoms with van der Waals surface area (Å²) in [5, 5.41) is 0. The van der Waals surface area contributed by atoms with E-state index < -0.39 is 0 Å². The summed E-state index contributed by atoms with van der Waals surface area (Å²) in [5.41, 5.74) is 6.43. The van der Waals surface area contributed by atoms with Gasteiger partial charge >= 0.3 is 0 Å². The summed E-state index contributed by atoms with van der Waals surface area (Å²) in [6.45, 7) is 9.03. The Labute approximate surface area is 81.0 Å². The molecular weight excluding hydrogens is 156 g/mol. The van der Waals surface area contributed by atoms with Gasteiger partial charge in [0.2, 0.25) is 0 Å².